The molecule has 1 atom stereocenters. The first-order valence-electron chi connectivity index (χ1n) is 7.84. The Morgan fingerprint density at radius 2 is 2.12 bits per heavy atom. The van der Waals surface area contributed by atoms with Crippen molar-refractivity contribution in [2.24, 2.45) is 5.92 Å². The highest BCUT2D eigenvalue weighted by Gasteiger charge is 2.35. The molecule has 0 saturated carbocycles. The van der Waals surface area contributed by atoms with E-state index in [-0.39, 0.29) is 24.2 Å². The number of nitrogens with zero attached hydrogens (tertiary/aromatic N) is 1. The van der Waals surface area contributed by atoms with Gasteiger partial charge in [-0.15, -0.1) is 11.3 Å². The maximum atomic E-state index is 12.4. The van der Waals surface area contributed by atoms with E-state index in [9.17, 15) is 9.59 Å². The van der Waals surface area contributed by atoms with Crippen molar-refractivity contribution in [1.29, 1.82) is 0 Å². The minimum atomic E-state index is -0.312. The lowest BCUT2D eigenvalue weighted by Gasteiger charge is -2.20. The number of rotatable bonds is 4. The lowest BCUT2D eigenvalue weighted by molar-refractivity contribution is -0.126. The summed E-state index contributed by atoms with van der Waals surface area (Å²) in [5.74, 6) is -0.392. The highest BCUT2D eigenvalue weighted by atomic mass is 35.5. The standard InChI is InChI=1S/C18H19ClN2O2S/c1-11-4-3-5-15(12(11)2)21-10-13(8-17(21)22)18(23)20-9-14-6-7-16(19)24-14/h3-7,13H,8-10H2,1-2H3,(H,20,23). The van der Waals surface area contributed by atoms with Gasteiger partial charge >= 0.3 is 0 Å². The van der Waals surface area contributed by atoms with Gasteiger partial charge in [-0.05, 0) is 43.2 Å². The number of anilines is 1. The lowest BCUT2D eigenvalue weighted by Crippen LogP contribution is -2.32. The van der Waals surface area contributed by atoms with Gasteiger partial charge in [-0.1, -0.05) is 23.7 Å². The molecule has 24 heavy (non-hydrogen) atoms. The molecular weight excluding hydrogens is 344 g/mol. The SMILES string of the molecule is Cc1cccc(N2CC(C(=O)NCc3ccc(Cl)s3)CC2=O)c1C. The molecule has 0 aliphatic carbocycles. The lowest BCUT2D eigenvalue weighted by atomic mass is 10.1. The Labute approximate surface area is 150 Å². The zero-order valence-corrected chi connectivity index (χ0v) is 15.2. The average Bonchev–Trinajstić information content (AvgIpc) is 3.14. The third-order valence-corrected chi connectivity index (χ3v) is 5.66. The van der Waals surface area contributed by atoms with Gasteiger partial charge in [-0.2, -0.15) is 0 Å². The molecule has 126 valence electrons. The first-order chi connectivity index (χ1) is 11.5. The summed E-state index contributed by atoms with van der Waals surface area (Å²) in [4.78, 5) is 27.5. The Hall–Kier alpha value is -1.85. The van der Waals surface area contributed by atoms with Crippen molar-refractivity contribution in [3.05, 3.63) is 50.7 Å². The van der Waals surface area contributed by atoms with E-state index < -0.39 is 0 Å². The maximum absolute atomic E-state index is 12.4. The topological polar surface area (TPSA) is 49.4 Å². The molecule has 4 nitrogen and oxygen atoms in total. The second-order valence-electron chi connectivity index (χ2n) is 6.05. The third-order valence-electron chi connectivity index (χ3n) is 4.43. The zero-order valence-electron chi connectivity index (χ0n) is 13.6. The highest BCUT2D eigenvalue weighted by molar-refractivity contribution is 7.16. The Morgan fingerprint density at radius 3 is 2.83 bits per heavy atom. The van der Waals surface area contributed by atoms with Crippen molar-refractivity contribution >= 4 is 40.4 Å². The molecule has 1 unspecified atom stereocenters. The molecule has 0 spiro atoms. The number of thiophene rings is 1. The first kappa shape index (κ1) is 17.0. The summed E-state index contributed by atoms with van der Waals surface area (Å²) in [6, 6.07) is 9.62. The predicted octanol–water partition coefficient (Wildman–Crippen LogP) is 3.69. The van der Waals surface area contributed by atoms with Gasteiger partial charge in [0.25, 0.3) is 0 Å². The fourth-order valence-electron chi connectivity index (χ4n) is 2.91. The molecular formula is C18H19ClN2O2S. The number of amides is 2. The van der Waals surface area contributed by atoms with Crippen LogP contribution in [0, 0.1) is 19.8 Å². The van der Waals surface area contributed by atoms with Gasteiger partial charge in [0.1, 0.15) is 0 Å². The molecule has 1 aromatic carbocycles. The van der Waals surface area contributed by atoms with Crippen LogP contribution in [-0.2, 0) is 16.1 Å². The van der Waals surface area contributed by atoms with Crippen molar-refractivity contribution < 1.29 is 9.59 Å². The molecule has 2 amide bonds. The molecule has 0 radical (unpaired) electrons. The quantitative estimate of drug-likeness (QED) is 0.901. The summed E-state index contributed by atoms with van der Waals surface area (Å²) in [6.45, 7) is 4.91. The van der Waals surface area contributed by atoms with E-state index in [1.54, 1.807) is 4.90 Å². The normalized spacial score (nSPS) is 17.4. The average molecular weight is 363 g/mol. The fourth-order valence-corrected chi connectivity index (χ4v) is 3.94. The number of hydrogen-bond acceptors (Lipinski definition) is 3. The Balaban J connectivity index is 1.65. The van der Waals surface area contributed by atoms with E-state index in [2.05, 4.69) is 5.32 Å². The van der Waals surface area contributed by atoms with Crippen LogP contribution in [0.1, 0.15) is 22.4 Å². The molecule has 1 aliphatic rings. The van der Waals surface area contributed by atoms with Gasteiger partial charge in [0.05, 0.1) is 16.8 Å². The van der Waals surface area contributed by atoms with E-state index in [0.29, 0.717) is 17.4 Å². The van der Waals surface area contributed by atoms with E-state index >= 15 is 0 Å². The smallest absolute Gasteiger partial charge is 0.227 e. The maximum Gasteiger partial charge on any atom is 0.227 e. The van der Waals surface area contributed by atoms with E-state index in [1.165, 1.54) is 11.3 Å². The van der Waals surface area contributed by atoms with Crippen LogP contribution in [0.5, 0.6) is 0 Å². The zero-order chi connectivity index (χ0) is 17.3. The van der Waals surface area contributed by atoms with Crippen molar-refractivity contribution in [2.75, 3.05) is 11.4 Å². The molecule has 2 heterocycles. The van der Waals surface area contributed by atoms with Crippen molar-refractivity contribution in [2.45, 2.75) is 26.8 Å². The Morgan fingerprint density at radius 1 is 1.33 bits per heavy atom. The molecule has 6 heteroatoms. The van der Waals surface area contributed by atoms with Crippen LogP contribution in [0.3, 0.4) is 0 Å². The van der Waals surface area contributed by atoms with Crippen molar-refractivity contribution in [1.82, 2.24) is 5.32 Å². The molecule has 0 bridgehead atoms. The highest BCUT2D eigenvalue weighted by Crippen LogP contribution is 2.29. The first-order valence-corrected chi connectivity index (χ1v) is 9.03. The molecule has 2 aromatic rings. The van der Waals surface area contributed by atoms with Crippen LogP contribution in [0.15, 0.2) is 30.3 Å². The number of carbonyl (C=O) groups is 2. The number of carbonyl (C=O) groups excluding carboxylic acids is 2. The van der Waals surface area contributed by atoms with Crippen LogP contribution >= 0.6 is 22.9 Å². The molecule has 1 saturated heterocycles. The summed E-state index contributed by atoms with van der Waals surface area (Å²) >= 11 is 7.34. The van der Waals surface area contributed by atoms with Crippen LogP contribution < -0.4 is 10.2 Å². The van der Waals surface area contributed by atoms with Crippen LogP contribution in [-0.4, -0.2) is 18.4 Å². The van der Waals surface area contributed by atoms with E-state index in [4.69, 9.17) is 11.6 Å². The van der Waals surface area contributed by atoms with Gasteiger partial charge in [0, 0.05) is 23.5 Å². The number of halogens is 1. The summed E-state index contributed by atoms with van der Waals surface area (Å²) in [5, 5.41) is 2.91. The summed E-state index contributed by atoms with van der Waals surface area (Å²) < 4.78 is 0.705. The monoisotopic (exact) mass is 362 g/mol. The predicted molar refractivity (Wildman–Crippen MR) is 97.6 cm³/mol. The van der Waals surface area contributed by atoms with E-state index in [0.717, 1.165) is 21.7 Å². The van der Waals surface area contributed by atoms with Gasteiger partial charge < -0.3 is 10.2 Å². The third kappa shape index (κ3) is 3.47. The van der Waals surface area contributed by atoms with Gasteiger partial charge in [-0.25, -0.2) is 0 Å². The molecule has 1 aromatic heterocycles. The number of nitrogens with one attached hydrogen (secondary N) is 1. The molecule has 1 fully saturated rings. The number of hydrogen-bond donors (Lipinski definition) is 1. The number of aryl methyl sites for hydroxylation is 1. The second kappa shape index (κ2) is 6.95. The second-order valence-corrected chi connectivity index (χ2v) is 7.85. The Kier molecular flexibility index (Phi) is 4.92. The largest absolute Gasteiger partial charge is 0.351 e. The van der Waals surface area contributed by atoms with Gasteiger partial charge in [0.15, 0.2) is 0 Å². The van der Waals surface area contributed by atoms with Crippen molar-refractivity contribution in [3.8, 4) is 0 Å². The van der Waals surface area contributed by atoms with Crippen LogP contribution in [0.2, 0.25) is 4.34 Å². The van der Waals surface area contributed by atoms with Crippen LogP contribution in [0.4, 0.5) is 5.69 Å². The van der Waals surface area contributed by atoms with E-state index in [1.807, 2.05) is 44.2 Å². The minimum Gasteiger partial charge on any atom is -0.351 e. The van der Waals surface area contributed by atoms with Crippen molar-refractivity contribution in [3.63, 3.8) is 0 Å². The molecule has 1 N–H and O–H groups in total. The number of benzene rings is 1. The summed E-state index contributed by atoms with van der Waals surface area (Å²) in [7, 11) is 0. The fraction of sp³-hybridized carbons (Fsp3) is 0.333. The molecule has 3 rings (SSSR count). The summed E-state index contributed by atoms with van der Waals surface area (Å²) in [5.41, 5.74) is 3.13. The molecule has 1 aliphatic heterocycles. The summed E-state index contributed by atoms with van der Waals surface area (Å²) in [6.07, 6.45) is 0.254. The van der Waals surface area contributed by atoms with Gasteiger partial charge in [0.2, 0.25) is 11.8 Å². The minimum absolute atomic E-state index is 0.00279. The van der Waals surface area contributed by atoms with Crippen LogP contribution in [0.25, 0.3) is 0 Å². The Bertz CT molecular complexity index is 787. The van der Waals surface area contributed by atoms with Gasteiger partial charge in [-0.3, -0.25) is 9.59 Å².